The number of amidine groups is 1. The highest BCUT2D eigenvalue weighted by Gasteiger charge is 2.12. The van der Waals surface area contributed by atoms with Gasteiger partial charge in [-0.25, -0.2) is 14.6 Å². The maximum Gasteiger partial charge on any atom is 0.190 e. The predicted molar refractivity (Wildman–Crippen MR) is 70.5 cm³/mol. The zero-order valence-corrected chi connectivity index (χ0v) is 11.1. The van der Waals surface area contributed by atoms with Crippen molar-refractivity contribution in [3.63, 3.8) is 0 Å². The van der Waals surface area contributed by atoms with Crippen LogP contribution in [0.5, 0.6) is 0 Å². The highest BCUT2D eigenvalue weighted by Crippen LogP contribution is 2.16. The van der Waals surface area contributed by atoms with Crippen molar-refractivity contribution in [2.75, 3.05) is 0 Å². The third kappa shape index (κ3) is 2.26. The van der Waals surface area contributed by atoms with Crippen LogP contribution < -0.4 is 5.73 Å². The molecule has 0 bridgehead atoms. The Labute approximate surface area is 110 Å². The molecule has 0 aliphatic heterocycles. The minimum Gasteiger partial charge on any atom is -0.409 e. The average Bonchev–Trinajstić information content (AvgIpc) is 2.72. The molecule has 0 unspecified atom stereocenters. The molecule has 0 spiro atoms. The van der Waals surface area contributed by atoms with E-state index in [-0.39, 0.29) is 5.84 Å². The lowest BCUT2D eigenvalue weighted by molar-refractivity contribution is 0.318. The monoisotopic (exact) mass is 260 g/mol. The first-order valence-corrected chi connectivity index (χ1v) is 5.93. The van der Waals surface area contributed by atoms with Crippen LogP contribution in [0, 0.1) is 13.8 Å². The van der Waals surface area contributed by atoms with Gasteiger partial charge in [-0.15, -0.1) is 0 Å². The van der Waals surface area contributed by atoms with E-state index in [9.17, 15) is 0 Å². The molecule has 2 heterocycles. The van der Waals surface area contributed by atoms with Gasteiger partial charge in [0, 0.05) is 5.69 Å². The summed E-state index contributed by atoms with van der Waals surface area (Å²) in [4.78, 5) is 8.33. The molecule has 7 heteroatoms. The van der Waals surface area contributed by atoms with Gasteiger partial charge in [0.25, 0.3) is 0 Å². The number of nitrogens with two attached hydrogens (primary N) is 1. The molecule has 0 radical (unpaired) electrons. The van der Waals surface area contributed by atoms with Crippen LogP contribution in [0.4, 0.5) is 0 Å². The molecule has 19 heavy (non-hydrogen) atoms. The fraction of sp³-hybridized carbons (Fsp3) is 0.333. The number of hydrogen-bond donors (Lipinski definition) is 2. The molecule has 2 aromatic rings. The van der Waals surface area contributed by atoms with Crippen molar-refractivity contribution in [3.05, 3.63) is 35.0 Å². The normalized spacial score (nSPS) is 11.8. The topological polar surface area (TPSA) is 102 Å². The van der Waals surface area contributed by atoms with E-state index in [1.54, 1.807) is 10.9 Å². The van der Waals surface area contributed by atoms with Gasteiger partial charge in [0.1, 0.15) is 5.69 Å². The smallest absolute Gasteiger partial charge is 0.190 e. The molecular formula is C12H16N6O. The van der Waals surface area contributed by atoms with Gasteiger partial charge in [0.15, 0.2) is 11.7 Å². The number of rotatable bonds is 3. The van der Waals surface area contributed by atoms with E-state index < -0.39 is 0 Å². The Morgan fingerprint density at radius 2 is 2.11 bits per heavy atom. The summed E-state index contributed by atoms with van der Waals surface area (Å²) in [5.41, 5.74) is 9.01. The van der Waals surface area contributed by atoms with Crippen molar-refractivity contribution < 1.29 is 5.21 Å². The van der Waals surface area contributed by atoms with E-state index in [1.807, 2.05) is 13.8 Å². The van der Waals surface area contributed by atoms with E-state index >= 15 is 0 Å². The molecule has 0 amide bonds. The van der Waals surface area contributed by atoms with Gasteiger partial charge in [-0.1, -0.05) is 12.1 Å². The van der Waals surface area contributed by atoms with Crippen molar-refractivity contribution in [2.24, 2.45) is 10.9 Å². The molecule has 2 aromatic heterocycles. The van der Waals surface area contributed by atoms with Crippen molar-refractivity contribution in [3.8, 4) is 5.82 Å². The Hall–Kier alpha value is -2.44. The van der Waals surface area contributed by atoms with Crippen LogP contribution in [0.15, 0.2) is 17.5 Å². The van der Waals surface area contributed by atoms with Crippen molar-refractivity contribution in [1.29, 1.82) is 0 Å². The zero-order chi connectivity index (χ0) is 14.0. The lowest BCUT2D eigenvalue weighted by Crippen LogP contribution is -2.16. The second-order valence-corrected chi connectivity index (χ2v) is 4.16. The first kappa shape index (κ1) is 13.0. The maximum absolute atomic E-state index is 8.57. The van der Waals surface area contributed by atoms with Crippen LogP contribution in [0.3, 0.4) is 0 Å². The summed E-state index contributed by atoms with van der Waals surface area (Å²) in [6.45, 7) is 6.06. The zero-order valence-electron chi connectivity index (χ0n) is 11.1. The number of hydrogen-bond acceptors (Lipinski definition) is 5. The number of nitrogens with zero attached hydrogens (tertiary/aromatic N) is 5. The number of aromatic nitrogens is 4. The summed E-state index contributed by atoms with van der Waals surface area (Å²) in [6.07, 6.45) is 3.92. The van der Waals surface area contributed by atoms with Crippen LogP contribution in [-0.4, -0.2) is 30.8 Å². The van der Waals surface area contributed by atoms with Gasteiger partial charge in [-0.05, 0) is 25.8 Å². The van der Waals surface area contributed by atoms with Gasteiger partial charge in [-0.3, -0.25) is 0 Å². The molecule has 100 valence electrons. The highest BCUT2D eigenvalue weighted by atomic mass is 16.4. The van der Waals surface area contributed by atoms with E-state index in [2.05, 4.69) is 27.1 Å². The fourth-order valence-corrected chi connectivity index (χ4v) is 2.02. The lowest BCUT2D eigenvalue weighted by Gasteiger charge is -2.04. The van der Waals surface area contributed by atoms with Gasteiger partial charge < -0.3 is 10.9 Å². The summed E-state index contributed by atoms with van der Waals surface area (Å²) in [7, 11) is 0. The first-order valence-electron chi connectivity index (χ1n) is 5.93. The largest absolute Gasteiger partial charge is 0.409 e. The molecule has 0 saturated heterocycles. The Morgan fingerprint density at radius 1 is 1.37 bits per heavy atom. The molecule has 2 rings (SSSR count). The third-order valence-corrected chi connectivity index (χ3v) is 3.02. The molecule has 0 aliphatic rings. The van der Waals surface area contributed by atoms with E-state index in [0.29, 0.717) is 11.5 Å². The van der Waals surface area contributed by atoms with Crippen LogP contribution in [-0.2, 0) is 6.42 Å². The SMILES string of the molecule is CCc1c(C)nn(-c2cnc(C(N)=NO)cn2)c1C. The molecule has 0 saturated carbocycles. The van der Waals surface area contributed by atoms with E-state index in [4.69, 9.17) is 10.9 Å². The second-order valence-electron chi connectivity index (χ2n) is 4.16. The molecule has 0 aromatic carbocycles. The van der Waals surface area contributed by atoms with Crippen LogP contribution in [0.1, 0.15) is 29.6 Å². The summed E-state index contributed by atoms with van der Waals surface area (Å²) in [6, 6.07) is 0. The minimum atomic E-state index is -0.0679. The molecule has 0 fully saturated rings. The van der Waals surface area contributed by atoms with Gasteiger partial charge >= 0.3 is 0 Å². The van der Waals surface area contributed by atoms with Crippen molar-refractivity contribution in [2.45, 2.75) is 27.2 Å². The van der Waals surface area contributed by atoms with E-state index in [1.165, 1.54) is 11.8 Å². The van der Waals surface area contributed by atoms with Gasteiger partial charge in [0.05, 0.1) is 18.1 Å². The predicted octanol–water partition coefficient (Wildman–Crippen LogP) is 0.936. The molecule has 0 aliphatic carbocycles. The second kappa shape index (κ2) is 5.05. The van der Waals surface area contributed by atoms with Crippen LogP contribution in [0.2, 0.25) is 0 Å². The molecule has 3 N–H and O–H groups in total. The number of oxime groups is 1. The van der Waals surface area contributed by atoms with Crippen molar-refractivity contribution >= 4 is 5.84 Å². The molecule has 0 atom stereocenters. The van der Waals surface area contributed by atoms with Crippen LogP contribution >= 0.6 is 0 Å². The lowest BCUT2D eigenvalue weighted by atomic mass is 10.1. The summed E-state index contributed by atoms with van der Waals surface area (Å²) in [5.74, 6) is 0.538. The molecular weight excluding hydrogens is 244 g/mol. The Balaban J connectivity index is 2.43. The van der Waals surface area contributed by atoms with E-state index in [0.717, 1.165) is 17.8 Å². The Bertz CT molecular complexity index is 614. The van der Waals surface area contributed by atoms with Crippen LogP contribution in [0.25, 0.3) is 5.82 Å². The first-order chi connectivity index (χ1) is 9.08. The average molecular weight is 260 g/mol. The minimum absolute atomic E-state index is 0.0679. The summed E-state index contributed by atoms with van der Waals surface area (Å²) in [5, 5.41) is 15.9. The summed E-state index contributed by atoms with van der Waals surface area (Å²) < 4.78 is 1.75. The highest BCUT2D eigenvalue weighted by molar-refractivity contribution is 5.94. The van der Waals surface area contributed by atoms with Gasteiger partial charge in [-0.2, -0.15) is 5.10 Å². The van der Waals surface area contributed by atoms with Gasteiger partial charge in [0.2, 0.25) is 0 Å². The quantitative estimate of drug-likeness (QED) is 0.370. The van der Waals surface area contributed by atoms with Crippen molar-refractivity contribution in [1.82, 2.24) is 19.7 Å². The standard InChI is InChI=1S/C12H16N6O/c1-4-9-7(2)16-18(8(9)3)11-6-14-10(5-15-11)12(13)17-19/h5-6,19H,4H2,1-3H3,(H2,13,17). The Morgan fingerprint density at radius 3 is 2.58 bits per heavy atom. The fourth-order valence-electron chi connectivity index (χ4n) is 2.02. The maximum atomic E-state index is 8.57. The molecule has 7 nitrogen and oxygen atoms in total. The third-order valence-electron chi connectivity index (χ3n) is 3.02. The number of aryl methyl sites for hydroxylation is 1. The summed E-state index contributed by atoms with van der Waals surface area (Å²) >= 11 is 0. The Kier molecular flexibility index (Phi) is 3.46.